The predicted molar refractivity (Wildman–Crippen MR) is 123 cm³/mol. The number of likely N-dealkylation sites (tertiary alicyclic amines) is 1. The maximum atomic E-state index is 13.0. The number of nitrogens with zero attached hydrogens (tertiary/aromatic N) is 2. The van der Waals surface area contributed by atoms with Gasteiger partial charge in [-0.2, -0.15) is 0 Å². The fourth-order valence-electron chi connectivity index (χ4n) is 2.80. The molecule has 0 aliphatic carbocycles. The second-order valence-corrected chi connectivity index (χ2v) is 8.77. The number of carbonyl (C=O) groups is 1. The normalized spacial score (nSPS) is 16.7. The van der Waals surface area contributed by atoms with Crippen LogP contribution in [0.2, 0.25) is 0 Å². The van der Waals surface area contributed by atoms with Crippen LogP contribution in [0.3, 0.4) is 0 Å². The average molecular weight is 485 g/mol. The van der Waals surface area contributed by atoms with Crippen molar-refractivity contribution in [1.82, 2.24) is 4.90 Å². The van der Waals surface area contributed by atoms with Crippen molar-refractivity contribution >= 4 is 56.9 Å². The van der Waals surface area contributed by atoms with Gasteiger partial charge in [0.05, 0.1) is 23.4 Å². The van der Waals surface area contributed by atoms with Crippen LogP contribution in [-0.4, -0.2) is 34.3 Å². The average Bonchev–Trinajstić information content (AvgIpc) is 2.71. The molecule has 1 aliphatic rings. The third kappa shape index (κ3) is 6.88. The number of piperidine rings is 1. The minimum Gasteiger partial charge on any atom is -0.339 e. The Kier molecular flexibility index (Phi) is 9.97. The summed E-state index contributed by atoms with van der Waals surface area (Å²) in [7, 11) is -1.53. The molecule has 1 aromatic rings. The Hall–Kier alpha value is -1.42. The van der Waals surface area contributed by atoms with Crippen LogP contribution in [0.1, 0.15) is 43.0 Å². The van der Waals surface area contributed by atoms with Crippen molar-refractivity contribution in [1.29, 1.82) is 0 Å². The van der Waals surface area contributed by atoms with E-state index in [0.29, 0.717) is 22.6 Å². The number of hydrogen-bond donors (Lipinski definition) is 2. The number of nitrogens with one attached hydrogen (secondary N) is 1. The molecule has 1 unspecified atom stereocenters. The van der Waals surface area contributed by atoms with Gasteiger partial charge in [0.25, 0.3) is 5.91 Å². The maximum Gasteiger partial charge on any atom is 0.255 e. The molecule has 1 amide bonds. The van der Waals surface area contributed by atoms with Gasteiger partial charge < -0.3 is 9.62 Å². The smallest absolute Gasteiger partial charge is 0.255 e. The van der Waals surface area contributed by atoms with E-state index < -0.39 is 11.0 Å². The molecule has 0 spiro atoms. The van der Waals surface area contributed by atoms with E-state index in [1.807, 2.05) is 30.0 Å². The van der Waals surface area contributed by atoms with Crippen molar-refractivity contribution < 1.29 is 9.00 Å². The molecule has 1 aromatic carbocycles. The van der Waals surface area contributed by atoms with Crippen molar-refractivity contribution in [2.75, 3.05) is 17.8 Å². The predicted octanol–water partition coefficient (Wildman–Crippen LogP) is 4.59. The van der Waals surface area contributed by atoms with E-state index in [9.17, 15) is 9.00 Å². The number of carbonyl (C=O) groups excluding carboxylic acids is 1. The molecular weight excluding hydrogens is 460 g/mol. The Balaban J connectivity index is 2.25. The van der Waals surface area contributed by atoms with Gasteiger partial charge in [-0.3, -0.25) is 9.93 Å². The highest BCUT2D eigenvalue weighted by molar-refractivity contribution is 9.10. The number of benzene rings is 1. The standard InChI is InChI=1S/C19H25BrN4O2S2/c1-2-3-7-16(10-11-22-27-21)28(26)23-18-14-15(20)8-9-17(18)19(25)24-12-5-4-6-13-24/h2-3,7-9,11,14,23H,4-6,10,12-13,21H2,1H3/b3-2-,16-7+,22-11-. The Morgan fingerprint density at radius 2 is 2.14 bits per heavy atom. The molecule has 3 N–H and O–H groups in total. The van der Waals surface area contributed by atoms with Gasteiger partial charge in [-0.05, 0) is 50.5 Å². The van der Waals surface area contributed by atoms with E-state index in [-0.39, 0.29) is 5.91 Å². The zero-order valence-electron chi connectivity index (χ0n) is 15.8. The van der Waals surface area contributed by atoms with Gasteiger partial charge in [-0.1, -0.05) is 28.1 Å². The van der Waals surface area contributed by atoms with Crippen LogP contribution in [0.5, 0.6) is 0 Å². The molecule has 0 saturated carbocycles. The lowest BCUT2D eigenvalue weighted by Crippen LogP contribution is -2.36. The third-order valence-electron chi connectivity index (χ3n) is 4.20. The molecule has 1 saturated heterocycles. The first-order valence-corrected chi connectivity index (χ1v) is 11.8. The summed E-state index contributed by atoms with van der Waals surface area (Å²) >= 11 is 4.29. The van der Waals surface area contributed by atoms with E-state index in [2.05, 4.69) is 25.0 Å². The van der Waals surface area contributed by atoms with Crippen LogP contribution < -0.4 is 9.86 Å². The molecule has 2 rings (SSSR count). The van der Waals surface area contributed by atoms with Gasteiger partial charge in [0.2, 0.25) is 0 Å². The van der Waals surface area contributed by atoms with Gasteiger partial charge in [-0.25, -0.2) is 8.61 Å². The zero-order chi connectivity index (χ0) is 20.4. The molecule has 0 radical (unpaired) electrons. The number of nitrogens with two attached hydrogens (primary N) is 1. The maximum absolute atomic E-state index is 13.0. The summed E-state index contributed by atoms with van der Waals surface area (Å²) < 4.78 is 20.6. The van der Waals surface area contributed by atoms with Crippen molar-refractivity contribution in [3.63, 3.8) is 0 Å². The lowest BCUT2D eigenvalue weighted by Gasteiger charge is -2.27. The molecule has 28 heavy (non-hydrogen) atoms. The van der Waals surface area contributed by atoms with E-state index >= 15 is 0 Å². The van der Waals surface area contributed by atoms with E-state index in [0.717, 1.165) is 49.0 Å². The lowest BCUT2D eigenvalue weighted by molar-refractivity contribution is 0.0725. The minimum absolute atomic E-state index is 0.0354. The first-order valence-electron chi connectivity index (χ1n) is 9.03. The van der Waals surface area contributed by atoms with Gasteiger partial charge in [0.1, 0.15) is 11.0 Å². The highest BCUT2D eigenvalue weighted by Gasteiger charge is 2.22. The Bertz CT molecular complexity index is 790. The molecule has 1 fully saturated rings. The zero-order valence-corrected chi connectivity index (χ0v) is 19.0. The van der Waals surface area contributed by atoms with Gasteiger partial charge in [-0.15, -0.1) is 0 Å². The quantitative estimate of drug-likeness (QED) is 0.320. The number of amides is 1. The van der Waals surface area contributed by atoms with Gasteiger partial charge >= 0.3 is 0 Å². The molecule has 1 aliphatic heterocycles. The van der Waals surface area contributed by atoms with Gasteiger partial charge in [0.15, 0.2) is 0 Å². The summed E-state index contributed by atoms with van der Waals surface area (Å²) in [4.78, 5) is 15.5. The summed E-state index contributed by atoms with van der Waals surface area (Å²) in [5.74, 6) is -0.0354. The number of anilines is 1. The fraction of sp³-hybridized carbons (Fsp3) is 0.368. The highest BCUT2D eigenvalue weighted by atomic mass is 79.9. The van der Waals surface area contributed by atoms with Crippen LogP contribution in [-0.2, 0) is 11.0 Å². The second kappa shape index (κ2) is 12.2. The van der Waals surface area contributed by atoms with Crippen LogP contribution in [0.4, 0.5) is 5.69 Å². The number of halogens is 1. The van der Waals surface area contributed by atoms with E-state index in [4.69, 9.17) is 5.14 Å². The summed E-state index contributed by atoms with van der Waals surface area (Å²) in [5, 5.41) is 5.30. The van der Waals surface area contributed by atoms with Crippen molar-refractivity contribution in [2.45, 2.75) is 32.6 Å². The number of hydrogen-bond acceptors (Lipinski definition) is 5. The SMILES string of the molecule is C/C=C\C=C(/C/C=N\SN)S(=O)Nc1cc(Br)ccc1C(=O)N1CCCCC1. The largest absolute Gasteiger partial charge is 0.339 e. The summed E-state index contributed by atoms with van der Waals surface area (Å²) in [6, 6.07) is 5.38. The Morgan fingerprint density at radius 3 is 2.82 bits per heavy atom. The first kappa shape index (κ1) is 22.9. The summed E-state index contributed by atoms with van der Waals surface area (Å²) in [5.41, 5.74) is 1.06. The molecule has 1 atom stereocenters. The molecule has 0 bridgehead atoms. The Labute approximate surface area is 181 Å². The van der Waals surface area contributed by atoms with Crippen LogP contribution >= 0.6 is 28.1 Å². The number of allylic oxidation sites excluding steroid dienone is 4. The van der Waals surface area contributed by atoms with E-state index in [1.54, 1.807) is 24.4 Å². The Morgan fingerprint density at radius 1 is 1.39 bits per heavy atom. The minimum atomic E-state index is -1.53. The summed E-state index contributed by atoms with van der Waals surface area (Å²) in [6.07, 6.45) is 10.6. The third-order valence-corrected chi connectivity index (χ3v) is 6.15. The molecule has 0 aromatic heterocycles. The fourth-order valence-corrected chi connectivity index (χ4v) is 4.25. The van der Waals surface area contributed by atoms with Crippen molar-refractivity contribution in [3.8, 4) is 0 Å². The second-order valence-electron chi connectivity index (χ2n) is 6.17. The summed E-state index contributed by atoms with van der Waals surface area (Å²) in [6.45, 7) is 3.41. The van der Waals surface area contributed by atoms with Crippen LogP contribution in [0.25, 0.3) is 0 Å². The van der Waals surface area contributed by atoms with E-state index in [1.165, 1.54) is 0 Å². The van der Waals surface area contributed by atoms with Crippen LogP contribution in [0.15, 0.2) is 50.2 Å². The monoisotopic (exact) mass is 484 g/mol. The molecule has 6 nitrogen and oxygen atoms in total. The van der Waals surface area contributed by atoms with Crippen LogP contribution in [0, 0.1) is 0 Å². The topological polar surface area (TPSA) is 87.8 Å². The molecular formula is C19H25BrN4O2S2. The van der Waals surface area contributed by atoms with Gasteiger partial charge in [0, 0.05) is 35.1 Å². The first-order chi connectivity index (χ1) is 13.6. The number of rotatable bonds is 8. The van der Waals surface area contributed by atoms with Crippen molar-refractivity contribution in [3.05, 3.63) is 51.4 Å². The molecule has 152 valence electrons. The lowest BCUT2D eigenvalue weighted by atomic mass is 10.1. The van der Waals surface area contributed by atoms with Crippen molar-refractivity contribution in [2.24, 2.45) is 9.54 Å². The molecule has 9 heteroatoms. The highest BCUT2D eigenvalue weighted by Crippen LogP contribution is 2.26. The molecule has 1 heterocycles.